The van der Waals surface area contributed by atoms with Gasteiger partial charge in [-0.15, -0.1) is 11.3 Å². The van der Waals surface area contributed by atoms with E-state index in [-0.39, 0.29) is 5.92 Å². The number of hydrogen-bond acceptors (Lipinski definition) is 7. The lowest BCUT2D eigenvalue weighted by atomic mass is 10.2. The molecule has 0 saturated carbocycles. The molecule has 7 heteroatoms. The monoisotopic (exact) mass is 320 g/mol. The highest BCUT2D eigenvalue weighted by Crippen LogP contribution is 2.21. The fraction of sp³-hybridized carbons (Fsp3) is 0.600. The Morgan fingerprint density at radius 2 is 1.86 bits per heavy atom. The normalized spacial score (nSPS) is 12.5. The molecule has 2 heterocycles. The van der Waals surface area contributed by atoms with Crippen molar-refractivity contribution in [3.05, 3.63) is 21.9 Å². The molecule has 0 aromatic carbocycles. The van der Waals surface area contributed by atoms with Crippen molar-refractivity contribution < 1.29 is 0 Å². The van der Waals surface area contributed by atoms with E-state index in [0.717, 1.165) is 23.1 Å². The largest absolute Gasteiger partial charge is 0.353 e. The third-order valence-electron chi connectivity index (χ3n) is 3.18. The highest BCUT2D eigenvalue weighted by molar-refractivity contribution is 7.09. The van der Waals surface area contributed by atoms with Gasteiger partial charge in [-0.2, -0.15) is 15.0 Å². The van der Waals surface area contributed by atoms with E-state index in [4.69, 9.17) is 0 Å². The molecule has 1 N–H and O–H groups in total. The first-order valence-electron chi connectivity index (χ1n) is 7.46. The minimum Gasteiger partial charge on any atom is -0.353 e. The molecule has 1 unspecified atom stereocenters. The molecule has 6 nitrogen and oxygen atoms in total. The van der Waals surface area contributed by atoms with Crippen LogP contribution in [-0.4, -0.2) is 40.6 Å². The predicted molar refractivity (Wildman–Crippen MR) is 92.0 cm³/mol. The van der Waals surface area contributed by atoms with Crippen LogP contribution in [0.15, 0.2) is 5.38 Å². The van der Waals surface area contributed by atoms with Gasteiger partial charge in [0.25, 0.3) is 0 Å². The minimum absolute atomic E-state index is 0.265. The van der Waals surface area contributed by atoms with Crippen LogP contribution in [0, 0.1) is 6.92 Å². The van der Waals surface area contributed by atoms with Crippen molar-refractivity contribution in [2.75, 3.05) is 30.9 Å². The fourth-order valence-electron chi connectivity index (χ4n) is 1.85. The second-order valence-corrected chi connectivity index (χ2v) is 6.87. The number of aromatic nitrogens is 4. The summed E-state index contributed by atoms with van der Waals surface area (Å²) in [6.45, 7) is 9.09. The molecule has 0 bridgehead atoms. The number of rotatable bonds is 6. The Labute approximate surface area is 136 Å². The third kappa shape index (κ3) is 4.13. The van der Waals surface area contributed by atoms with Crippen LogP contribution in [0.25, 0.3) is 0 Å². The first-order valence-corrected chi connectivity index (χ1v) is 8.34. The maximum Gasteiger partial charge on any atom is 0.229 e. The summed E-state index contributed by atoms with van der Waals surface area (Å²) in [5.41, 5.74) is 1.07. The van der Waals surface area contributed by atoms with Crippen molar-refractivity contribution in [3.63, 3.8) is 0 Å². The van der Waals surface area contributed by atoms with Gasteiger partial charge in [0.1, 0.15) is 5.82 Å². The van der Waals surface area contributed by atoms with E-state index >= 15 is 0 Å². The number of hydrogen-bond donors (Lipinski definition) is 1. The average molecular weight is 320 g/mol. The molecule has 1 atom stereocenters. The highest BCUT2D eigenvalue weighted by Gasteiger charge is 2.13. The van der Waals surface area contributed by atoms with Crippen molar-refractivity contribution >= 4 is 23.2 Å². The van der Waals surface area contributed by atoms with Crippen LogP contribution >= 0.6 is 11.3 Å². The van der Waals surface area contributed by atoms with E-state index in [2.05, 4.69) is 51.4 Å². The first kappa shape index (κ1) is 16.6. The van der Waals surface area contributed by atoms with Crippen molar-refractivity contribution in [1.82, 2.24) is 19.9 Å². The molecule has 2 aromatic rings. The van der Waals surface area contributed by atoms with Crippen LogP contribution in [0.3, 0.4) is 0 Å². The quantitative estimate of drug-likeness (QED) is 0.882. The molecule has 0 fully saturated rings. The molecule has 0 aliphatic heterocycles. The summed E-state index contributed by atoms with van der Waals surface area (Å²) in [6, 6.07) is 0. The van der Waals surface area contributed by atoms with Crippen molar-refractivity contribution in [3.8, 4) is 0 Å². The van der Waals surface area contributed by atoms with Gasteiger partial charge in [-0.25, -0.2) is 4.98 Å². The molecule has 0 spiro atoms. The van der Waals surface area contributed by atoms with Crippen LogP contribution in [-0.2, 0) is 0 Å². The van der Waals surface area contributed by atoms with E-state index in [9.17, 15) is 0 Å². The minimum atomic E-state index is 0.265. The zero-order valence-electron chi connectivity index (χ0n) is 14.1. The van der Waals surface area contributed by atoms with Crippen LogP contribution in [0.5, 0.6) is 0 Å². The third-order valence-corrected chi connectivity index (χ3v) is 4.38. The van der Waals surface area contributed by atoms with Gasteiger partial charge in [0.05, 0.1) is 5.01 Å². The van der Waals surface area contributed by atoms with Gasteiger partial charge < -0.3 is 10.2 Å². The van der Waals surface area contributed by atoms with E-state index in [1.165, 1.54) is 0 Å². The maximum atomic E-state index is 4.53. The van der Waals surface area contributed by atoms with Crippen LogP contribution in [0.4, 0.5) is 11.9 Å². The van der Waals surface area contributed by atoms with E-state index in [1.807, 2.05) is 25.9 Å². The number of thiazole rings is 1. The van der Waals surface area contributed by atoms with Gasteiger partial charge in [-0.3, -0.25) is 0 Å². The van der Waals surface area contributed by atoms with Crippen molar-refractivity contribution in [2.24, 2.45) is 0 Å². The summed E-state index contributed by atoms with van der Waals surface area (Å²) in [5, 5.41) is 6.53. The zero-order valence-corrected chi connectivity index (χ0v) is 14.9. The molecule has 0 amide bonds. The standard InChI is InChI=1S/C15H24N6S/c1-9(2)12-18-14(20-15(19-12)21(5)6)16-7-10(3)13-17-11(4)8-22-13/h8-10H,7H2,1-6H3,(H,16,18,19,20). The molecular formula is C15H24N6S. The number of anilines is 2. The Bertz CT molecular complexity index is 596. The SMILES string of the molecule is Cc1csc(C(C)CNc2nc(C(C)C)nc(N(C)C)n2)n1. The maximum absolute atomic E-state index is 4.53. The summed E-state index contributed by atoms with van der Waals surface area (Å²) in [6.07, 6.45) is 0. The van der Waals surface area contributed by atoms with Gasteiger partial charge >= 0.3 is 0 Å². The Balaban J connectivity index is 2.11. The molecule has 22 heavy (non-hydrogen) atoms. The molecule has 2 rings (SSSR count). The second kappa shape index (κ2) is 7.00. The highest BCUT2D eigenvalue weighted by atomic mass is 32.1. The summed E-state index contributed by atoms with van der Waals surface area (Å²) in [7, 11) is 3.87. The van der Waals surface area contributed by atoms with E-state index < -0.39 is 0 Å². The van der Waals surface area contributed by atoms with Crippen molar-refractivity contribution in [1.29, 1.82) is 0 Å². The number of nitrogens with zero attached hydrogens (tertiary/aromatic N) is 5. The predicted octanol–water partition coefficient (Wildman–Crippen LogP) is 3.04. The Morgan fingerprint density at radius 3 is 2.41 bits per heavy atom. The van der Waals surface area contributed by atoms with Crippen LogP contribution < -0.4 is 10.2 Å². The molecule has 2 aromatic heterocycles. The van der Waals surface area contributed by atoms with E-state index in [0.29, 0.717) is 17.8 Å². The van der Waals surface area contributed by atoms with Crippen molar-refractivity contribution in [2.45, 2.75) is 39.5 Å². The van der Waals surface area contributed by atoms with Gasteiger partial charge in [-0.1, -0.05) is 20.8 Å². The topological polar surface area (TPSA) is 66.8 Å². The summed E-state index contributed by atoms with van der Waals surface area (Å²) in [5.74, 6) is 2.70. The van der Waals surface area contributed by atoms with Gasteiger partial charge in [-0.05, 0) is 6.92 Å². The zero-order chi connectivity index (χ0) is 16.3. The number of nitrogens with one attached hydrogen (secondary N) is 1. The molecule has 0 aliphatic rings. The lowest BCUT2D eigenvalue weighted by Crippen LogP contribution is -2.18. The average Bonchev–Trinajstić information content (AvgIpc) is 2.91. The van der Waals surface area contributed by atoms with Crippen LogP contribution in [0.1, 0.15) is 49.1 Å². The van der Waals surface area contributed by atoms with Gasteiger partial charge in [0.15, 0.2) is 0 Å². The summed E-state index contributed by atoms with van der Waals surface area (Å²) < 4.78 is 0. The number of aryl methyl sites for hydroxylation is 1. The summed E-state index contributed by atoms with van der Waals surface area (Å²) >= 11 is 1.70. The molecule has 0 saturated heterocycles. The lowest BCUT2D eigenvalue weighted by Gasteiger charge is -2.16. The Kier molecular flexibility index (Phi) is 5.28. The molecule has 0 aliphatic carbocycles. The lowest BCUT2D eigenvalue weighted by molar-refractivity contribution is 0.742. The Hall–Kier alpha value is -1.76. The molecule has 120 valence electrons. The van der Waals surface area contributed by atoms with Gasteiger partial charge in [0.2, 0.25) is 11.9 Å². The van der Waals surface area contributed by atoms with Gasteiger partial charge in [0, 0.05) is 43.5 Å². The van der Waals surface area contributed by atoms with Crippen LogP contribution in [0.2, 0.25) is 0 Å². The molecule has 0 radical (unpaired) electrons. The first-order chi connectivity index (χ1) is 10.4. The Morgan fingerprint density at radius 1 is 1.14 bits per heavy atom. The molecular weight excluding hydrogens is 296 g/mol. The smallest absolute Gasteiger partial charge is 0.229 e. The summed E-state index contributed by atoms with van der Waals surface area (Å²) in [4.78, 5) is 19.9. The fourth-order valence-corrected chi connectivity index (χ4v) is 2.70. The van der Waals surface area contributed by atoms with E-state index in [1.54, 1.807) is 11.3 Å². The second-order valence-electron chi connectivity index (χ2n) is 5.98.